The topological polar surface area (TPSA) is 178 Å². The lowest BCUT2D eigenvalue weighted by molar-refractivity contribution is -0.301. The number of aliphatic hydroxyl groups excluding tert-OH is 3. The number of hydrogen-bond donors (Lipinski definition) is 4. The van der Waals surface area contributed by atoms with E-state index in [0.717, 1.165) is 77.0 Å². The summed E-state index contributed by atoms with van der Waals surface area (Å²) in [5, 5.41) is 30.5. The number of esters is 1. The van der Waals surface area contributed by atoms with Gasteiger partial charge in [-0.05, 0) is 70.6 Å². The van der Waals surface area contributed by atoms with Crippen molar-refractivity contribution < 1.29 is 56.2 Å². The second-order valence-corrected chi connectivity index (χ2v) is 13.8. The average Bonchev–Trinajstić information content (AvgIpc) is 3.14. The summed E-state index contributed by atoms with van der Waals surface area (Å²) >= 11 is 0. The minimum Gasteiger partial charge on any atom is -0.457 e. The van der Waals surface area contributed by atoms with Crippen LogP contribution in [0.4, 0.5) is 0 Å². The highest BCUT2D eigenvalue weighted by atomic mass is 32.3. The van der Waals surface area contributed by atoms with Crippen molar-refractivity contribution in [1.82, 2.24) is 0 Å². The van der Waals surface area contributed by atoms with Crippen LogP contribution >= 0.6 is 0 Å². The molecule has 0 bridgehead atoms. The third-order valence-electron chi connectivity index (χ3n) is 8.03. The van der Waals surface area contributed by atoms with Gasteiger partial charge in [-0.3, -0.25) is 9.35 Å². The lowest BCUT2D eigenvalue weighted by Crippen LogP contribution is -2.60. The molecule has 4 N–H and O–H groups in total. The highest BCUT2D eigenvalue weighted by Gasteiger charge is 2.48. The van der Waals surface area contributed by atoms with Gasteiger partial charge in [0.15, 0.2) is 6.29 Å². The molecule has 0 spiro atoms. The highest BCUT2D eigenvalue weighted by Crippen LogP contribution is 2.26. The van der Waals surface area contributed by atoms with Crippen molar-refractivity contribution >= 4 is 16.4 Å². The van der Waals surface area contributed by atoms with Crippen LogP contribution in [-0.2, 0) is 38.3 Å². The molecule has 308 valence electrons. The molecule has 0 aromatic heterocycles. The van der Waals surface area contributed by atoms with Crippen LogP contribution in [0.5, 0.6) is 0 Å². The lowest BCUT2D eigenvalue weighted by Gasteiger charge is -2.41. The number of unbranched alkanes of at least 4 members (excludes halogenated alkanes) is 4. The van der Waals surface area contributed by atoms with Crippen molar-refractivity contribution in [3.8, 4) is 0 Å². The van der Waals surface area contributed by atoms with E-state index in [1.165, 1.54) is 0 Å². The molecule has 0 amide bonds. The Kier molecular flexibility index (Phi) is 29.7. The third-order valence-corrected chi connectivity index (χ3v) is 8.49. The highest BCUT2D eigenvalue weighted by molar-refractivity contribution is 7.80. The molecule has 0 aliphatic carbocycles. The number of carbonyl (C=O) groups is 1. The van der Waals surface area contributed by atoms with Crippen LogP contribution in [0.15, 0.2) is 85.1 Å². The van der Waals surface area contributed by atoms with Crippen molar-refractivity contribution in [2.24, 2.45) is 0 Å². The molecule has 1 saturated heterocycles. The molecule has 13 heteroatoms. The van der Waals surface area contributed by atoms with Gasteiger partial charge in [-0.25, -0.2) is 4.18 Å². The first-order valence-corrected chi connectivity index (χ1v) is 20.7. The quantitative estimate of drug-likeness (QED) is 0.0247. The lowest BCUT2D eigenvalue weighted by atomic mass is 9.99. The maximum absolute atomic E-state index is 12.7. The summed E-state index contributed by atoms with van der Waals surface area (Å²) in [5.74, 6) is -0.493. The molecule has 0 aromatic rings. The fourth-order valence-electron chi connectivity index (χ4n) is 5.17. The zero-order chi connectivity index (χ0) is 39.7. The van der Waals surface area contributed by atoms with Crippen molar-refractivity contribution in [3.63, 3.8) is 0 Å². The molecular weight excluding hydrogens is 717 g/mol. The Labute approximate surface area is 323 Å². The number of ether oxygens (including phenoxy) is 4. The number of rotatable bonds is 31. The van der Waals surface area contributed by atoms with E-state index >= 15 is 0 Å². The second kappa shape index (κ2) is 32.5. The summed E-state index contributed by atoms with van der Waals surface area (Å²) in [6.45, 7) is 3.56. The third kappa shape index (κ3) is 26.1. The van der Waals surface area contributed by atoms with Gasteiger partial charge in [-0.1, -0.05) is 112 Å². The van der Waals surface area contributed by atoms with Crippen LogP contribution in [0.2, 0.25) is 0 Å². The molecule has 0 aromatic carbocycles. The van der Waals surface area contributed by atoms with E-state index in [0.29, 0.717) is 13.0 Å². The van der Waals surface area contributed by atoms with Crippen LogP contribution in [-0.4, -0.2) is 97.5 Å². The minimum atomic E-state index is -5.07. The predicted octanol–water partition coefficient (Wildman–Crippen LogP) is 6.95. The number of hydrogen-bond acceptors (Lipinski definition) is 11. The maximum atomic E-state index is 12.7. The fourth-order valence-corrected chi connectivity index (χ4v) is 5.68. The van der Waals surface area contributed by atoms with Gasteiger partial charge in [0.2, 0.25) is 0 Å². The first kappa shape index (κ1) is 49.3. The molecule has 1 aliphatic rings. The van der Waals surface area contributed by atoms with E-state index in [1.54, 1.807) is 0 Å². The molecule has 1 rings (SSSR count). The molecule has 1 heterocycles. The number of carbonyl (C=O) groups excluding carboxylic acids is 1. The predicted molar refractivity (Wildman–Crippen MR) is 211 cm³/mol. The summed E-state index contributed by atoms with van der Waals surface area (Å²) in [6, 6.07) is 0. The van der Waals surface area contributed by atoms with Crippen LogP contribution in [0, 0.1) is 0 Å². The molecule has 12 nitrogen and oxygen atoms in total. The van der Waals surface area contributed by atoms with Gasteiger partial charge in [0.1, 0.15) is 30.5 Å². The summed E-state index contributed by atoms with van der Waals surface area (Å²) in [6.07, 6.45) is 32.2. The Bertz CT molecular complexity index is 1270. The SMILES string of the molecule is CC/C=C\C/C=C\C/C=C\C/C=C\CCC(=O)OC(COCCCCCC/C=C\C/C=C\C/C=C\CC)COC1OC(CO)C(O)C(OS(=O)(=O)O)C1O. The van der Waals surface area contributed by atoms with Crippen LogP contribution in [0.25, 0.3) is 0 Å². The first-order chi connectivity index (χ1) is 26.1. The monoisotopic (exact) mass is 782 g/mol. The Balaban J connectivity index is 2.59. The standard InChI is InChI=1S/C41H66O12S/c1-3-5-7-9-11-13-15-17-19-21-23-25-27-29-31-49-33-35(34-50-41-39(45)40(53-54(46,47)48)38(44)36(32-42)52-41)51-37(43)30-28-26-24-22-20-18-16-14-12-10-8-6-4-2/h5-8,11-14,17-20,24,26,35-36,38-42,44-45H,3-4,9-10,15-16,21-23,25,27-34H2,1-2H3,(H,46,47,48)/b7-5-,8-6-,13-11-,14-12-,19-17-,20-18-,26-24-. The second-order valence-electron chi connectivity index (χ2n) is 12.8. The Morgan fingerprint density at radius 1 is 0.704 bits per heavy atom. The van der Waals surface area contributed by atoms with Gasteiger partial charge < -0.3 is 34.3 Å². The van der Waals surface area contributed by atoms with E-state index in [1.807, 2.05) is 12.2 Å². The van der Waals surface area contributed by atoms with Crippen LogP contribution in [0.1, 0.15) is 104 Å². The van der Waals surface area contributed by atoms with E-state index in [4.69, 9.17) is 23.5 Å². The van der Waals surface area contributed by atoms with E-state index < -0.39 is 59.8 Å². The van der Waals surface area contributed by atoms with E-state index in [-0.39, 0.29) is 19.6 Å². The summed E-state index contributed by atoms with van der Waals surface area (Å²) in [4.78, 5) is 12.7. The average molecular weight is 783 g/mol. The number of allylic oxidation sites excluding steroid dienone is 14. The van der Waals surface area contributed by atoms with Crippen molar-refractivity contribution in [2.45, 2.75) is 141 Å². The van der Waals surface area contributed by atoms with Gasteiger partial charge in [0.05, 0.1) is 19.8 Å². The molecular formula is C41H66O12S. The Morgan fingerprint density at radius 3 is 1.76 bits per heavy atom. The Hall–Kier alpha value is -2.72. The van der Waals surface area contributed by atoms with Gasteiger partial charge in [-0.15, -0.1) is 0 Å². The fraction of sp³-hybridized carbons (Fsp3) is 0.634. The molecule has 0 radical (unpaired) electrons. The zero-order valence-corrected chi connectivity index (χ0v) is 33.1. The molecule has 0 saturated carbocycles. The minimum absolute atomic E-state index is 0.0139. The Morgan fingerprint density at radius 2 is 1.22 bits per heavy atom. The number of aliphatic hydroxyl groups is 3. The van der Waals surface area contributed by atoms with Gasteiger partial charge >= 0.3 is 16.4 Å². The van der Waals surface area contributed by atoms with Crippen LogP contribution in [0.3, 0.4) is 0 Å². The maximum Gasteiger partial charge on any atom is 0.397 e. The van der Waals surface area contributed by atoms with Crippen molar-refractivity contribution in [2.75, 3.05) is 26.4 Å². The van der Waals surface area contributed by atoms with Crippen molar-refractivity contribution in [3.05, 3.63) is 85.1 Å². The van der Waals surface area contributed by atoms with Gasteiger partial charge in [0, 0.05) is 13.0 Å². The summed E-state index contributed by atoms with van der Waals surface area (Å²) in [7, 11) is -5.07. The van der Waals surface area contributed by atoms with E-state index in [2.05, 4.69) is 90.9 Å². The molecule has 1 aliphatic heterocycles. The summed E-state index contributed by atoms with van der Waals surface area (Å²) < 4.78 is 58.7. The molecule has 6 unspecified atom stereocenters. The van der Waals surface area contributed by atoms with Crippen LogP contribution < -0.4 is 0 Å². The van der Waals surface area contributed by atoms with Crippen molar-refractivity contribution in [1.29, 1.82) is 0 Å². The van der Waals surface area contributed by atoms with E-state index in [9.17, 15) is 28.5 Å². The molecule has 6 atom stereocenters. The normalized spacial score (nSPS) is 22.1. The molecule has 1 fully saturated rings. The summed E-state index contributed by atoms with van der Waals surface area (Å²) in [5.41, 5.74) is 0. The largest absolute Gasteiger partial charge is 0.457 e. The first-order valence-electron chi connectivity index (χ1n) is 19.3. The molecule has 54 heavy (non-hydrogen) atoms. The van der Waals surface area contributed by atoms with Gasteiger partial charge in [-0.2, -0.15) is 8.42 Å². The zero-order valence-electron chi connectivity index (χ0n) is 32.2. The van der Waals surface area contributed by atoms with Gasteiger partial charge in [0.25, 0.3) is 0 Å². The smallest absolute Gasteiger partial charge is 0.397 e.